The number of hydrogen-bond acceptors (Lipinski definition) is 7. The lowest BCUT2D eigenvalue weighted by Crippen LogP contribution is -2.41. The molecule has 3 N–H and O–H groups in total. The molecule has 0 radical (unpaired) electrons. The van der Waals surface area contributed by atoms with Gasteiger partial charge in [-0.3, -0.25) is 5.41 Å². The zero-order chi connectivity index (χ0) is 19.0. The molecule has 27 heavy (non-hydrogen) atoms. The monoisotopic (exact) mass is 369 g/mol. The number of nitrogens with one attached hydrogen (secondary N) is 1. The minimum Gasteiger partial charge on any atom is -0.488 e. The Morgan fingerprint density at radius 2 is 2.19 bits per heavy atom. The lowest BCUT2D eigenvalue weighted by atomic mass is 10.0. The molecule has 7 nitrogen and oxygen atoms in total. The first-order chi connectivity index (χ1) is 12.9. The fourth-order valence-corrected chi connectivity index (χ4v) is 3.20. The van der Waals surface area contributed by atoms with E-state index >= 15 is 0 Å². The van der Waals surface area contributed by atoms with Crippen LogP contribution in [0.1, 0.15) is 39.4 Å². The number of nitrogens with zero attached hydrogens (tertiary/aromatic N) is 3. The second kappa shape index (κ2) is 6.81. The van der Waals surface area contributed by atoms with Crippen molar-refractivity contribution in [3.05, 3.63) is 41.9 Å². The van der Waals surface area contributed by atoms with Gasteiger partial charge in [0, 0.05) is 31.8 Å². The lowest BCUT2D eigenvalue weighted by molar-refractivity contribution is 0.0529. The standard InChI is InChI=1S/C20H25N5O2.H2/c1-13-11-25(7-8-26-13)18-10-17(23-12-24-18)19(22)15-9-14(3-4-16(15)21)27-20(2)5-6-20;/h3-4,9-10,12-13,22H,5-8,11,21H2,1-2H3;1H/t13-;/m0./s1. The summed E-state index contributed by atoms with van der Waals surface area (Å²) in [7, 11) is 0. The highest BCUT2D eigenvalue weighted by molar-refractivity contribution is 6.13. The Morgan fingerprint density at radius 1 is 1.37 bits per heavy atom. The summed E-state index contributed by atoms with van der Waals surface area (Å²) in [6, 6.07) is 7.32. The molecule has 7 heteroatoms. The number of morpholine rings is 1. The van der Waals surface area contributed by atoms with Crippen LogP contribution >= 0.6 is 0 Å². The number of benzene rings is 1. The van der Waals surface area contributed by atoms with Gasteiger partial charge in [0.1, 0.15) is 23.5 Å². The normalized spacial score (nSPS) is 21.0. The molecule has 0 bridgehead atoms. The zero-order valence-corrected chi connectivity index (χ0v) is 15.7. The number of nitrogens with two attached hydrogens (primary N) is 1. The van der Waals surface area contributed by atoms with Crippen molar-refractivity contribution in [3.63, 3.8) is 0 Å². The van der Waals surface area contributed by atoms with Gasteiger partial charge in [-0.25, -0.2) is 9.97 Å². The smallest absolute Gasteiger partial charge is 0.132 e. The van der Waals surface area contributed by atoms with E-state index in [9.17, 15) is 0 Å². The second-order valence-corrected chi connectivity index (χ2v) is 7.56. The van der Waals surface area contributed by atoms with Crippen LogP contribution in [0.5, 0.6) is 5.75 Å². The molecule has 0 unspecified atom stereocenters. The molecular formula is C20H27N5O2. The van der Waals surface area contributed by atoms with Gasteiger partial charge in [-0.2, -0.15) is 0 Å². The molecule has 1 saturated carbocycles. The van der Waals surface area contributed by atoms with Crippen LogP contribution in [-0.4, -0.2) is 47.1 Å². The molecule has 1 aromatic carbocycles. The molecule has 144 valence electrons. The Bertz CT molecular complexity index is 871. The molecule has 1 aliphatic heterocycles. The van der Waals surface area contributed by atoms with Crippen molar-refractivity contribution in [1.82, 2.24) is 9.97 Å². The number of aromatic nitrogens is 2. The summed E-state index contributed by atoms with van der Waals surface area (Å²) in [5.41, 5.74) is 8.03. The number of anilines is 2. The molecule has 1 saturated heterocycles. The number of nitrogen functional groups attached to an aromatic ring is 1. The van der Waals surface area contributed by atoms with Crippen molar-refractivity contribution in [2.45, 2.75) is 38.4 Å². The third-order valence-corrected chi connectivity index (χ3v) is 5.09. The minimum atomic E-state index is -0.0787. The van der Waals surface area contributed by atoms with Crippen LogP contribution < -0.4 is 15.4 Å². The third-order valence-electron chi connectivity index (χ3n) is 5.09. The minimum absolute atomic E-state index is 0. The first kappa shape index (κ1) is 17.7. The van der Waals surface area contributed by atoms with Gasteiger partial charge in [-0.1, -0.05) is 0 Å². The summed E-state index contributed by atoms with van der Waals surface area (Å²) < 4.78 is 11.6. The predicted octanol–water partition coefficient (Wildman–Crippen LogP) is 2.88. The predicted molar refractivity (Wildman–Crippen MR) is 107 cm³/mol. The number of hydrogen-bond donors (Lipinski definition) is 2. The maximum atomic E-state index is 8.64. The Balaban J connectivity index is 0.00000225. The molecule has 0 amide bonds. The summed E-state index contributed by atoms with van der Waals surface area (Å²) in [4.78, 5) is 10.8. The van der Waals surface area contributed by atoms with Crippen LogP contribution in [0.4, 0.5) is 11.5 Å². The zero-order valence-electron chi connectivity index (χ0n) is 15.7. The first-order valence-electron chi connectivity index (χ1n) is 9.30. The van der Waals surface area contributed by atoms with E-state index < -0.39 is 0 Å². The highest BCUT2D eigenvalue weighted by Crippen LogP contribution is 2.40. The Labute approximate surface area is 160 Å². The van der Waals surface area contributed by atoms with Gasteiger partial charge in [0.15, 0.2) is 0 Å². The van der Waals surface area contributed by atoms with Gasteiger partial charge < -0.3 is 20.1 Å². The van der Waals surface area contributed by atoms with Gasteiger partial charge >= 0.3 is 0 Å². The molecule has 0 spiro atoms. The maximum Gasteiger partial charge on any atom is 0.132 e. The van der Waals surface area contributed by atoms with Crippen molar-refractivity contribution in [1.29, 1.82) is 5.41 Å². The maximum absolute atomic E-state index is 8.64. The summed E-state index contributed by atoms with van der Waals surface area (Å²) >= 11 is 0. The average Bonchev–Trinajstić information content (AvgIpc) is 3.39. The Morgan fingerprint density at radius 3 is 2.93 bits per heavy atom. The molecule has 4 rings (SSSR count). The largest absolute Gasteiger partial charge is 0.488 e. The second-order valence-electron chi connectivity index (χ2n) is 7.56. The van der Waals surface area contributed by atoms with Crippen LogP contribution in [0.15, 0.2) is 30.6 Å². The molecule has 1 aliphatic carbocycles. The molecule has 2 heterocycles. The summed E-state index contributed by atoms with van der Waals surface area (Å²) in [5.74, 6) is 1.54. The van der Waals surface area contributed by atoms with E-state index in [1.165, 1.54) is 6.33 Å². The van der Waals surface area contributed by atoms with Crippen molar-refractivity contribution in [2.75, 3.05) is 30.3 Å². The van der Waals surface area contributed by atoms with Crippen LogP contribution in [0, 0.1) is 5.41 Å². The van der Waals surface area contributed by atoms with Crippen LogP contribution in [0.2, 0.25) is 0 Å². The van der Waals surface area contributed by atoms with E-state index in [1.54, 1.807) is 6.07 Å². The van der Waals surface area contributed by atoms with Gasteiger partial charge in [0.05, 0.1) is 24.1 Å². The molecule has 1 atom stereocenters. The van der Waals surface area contributed by atoms with Gasteiger partial charge in [-0.05, 0) is 44.9 Å². The Hall–Kier alpha value is -2.67. The van der Waals surface area contributed by atoms with Crippen LogP contribution in [0.25, 0.3) is 0 Å². The van der Waals surface area contributed by atoms with E-state index in [4.69, 9.17) is 20.6 Å². The highest BCUT2D eigenvalue weighted by Gasteiger charge is 2.40. The topological polar surface area (TPSA) is 97.4 Å². The van der Waals surface area contributed by atoms with Crippen LogP contribution in [-0.2, 0) is 4.74 Å². The number of ether oxygens (including phenoxy) is 2. The fourth-order valence-electron chi connectivity index (χ4n) is 3.20. The summed E-state index contributed by atoms with van der Waals surface area (Å²) in [5, 5.41) is 8.64. The van der Waals surface area contributed by atoms with Gasteiger partial charge in [0.2, 0.25) is 0 Å². The summed E-state index contributed by atoms with van der Waals surface area (Å²) in [6.07, 6.45) is 3.76. The highest BCUT2D eigenvalue weighted by atomic mass is 16.5. The van der Waals surface area contributed by atoms with E-state index in [-0.39, 0.29) is 18.8 Å². The molecular weight excluding hydrogens is 342 g/mol. The van der Waals surface area contributed by atoms with Crippen molar-refractivity contribution in [3.8, 4) is 5.75 Å². The van der Waals surface area contributed by atoms with Crippen LogP contribution in [0.3, 0.4) is 0 Å². The lowest BCUT2D eigenvalue weighted by Gasteiger charge is -2.32. The van der Waals surface area contributed by atoms with E-state index in [0.29, 0.717) is 23.6 Å². The number of rotatable bonds is 5. The van der Waals surface area contributed by atoms with E-state index in [2.05, 4.69) is 21.8 Å². The summed E-state index contributed by atoms with van der Waals surface area (Å²) in [6.45, 7) is 6.35. The fraction of sp³-hybridized carbons (Fsp3) is 0.450. The first-order valence-corrected chi connectivity index (χ1v) is 9.30. The molecule has 1 aromatic heterocycles. The quantitative estimate of drug-likeness (QED) is 0.621. The molecule has 2 aliphatic rings. The molecule has 2 fully saturated rings. The third kappa shape index (κ3) is 3.88. The average molecular weight is 369 g/mol. The van der Waals surface area contributed by atoms with Gasteiger partial charge in [0.25, 0.3) is 0 Å². The molecule has 2 aromatic rings. The van der Waals surface area contributed by atoms with E-state index in [1.807, 2.05) is 25.1 Å². The Kier molecular flexibility index (Phi) is 4.47. The van der Waals surface area contributed by atoms with Gasteiger partial charge in [-0.15, -0.1) is 0 Å². The van der Waals surface area contributed by atoms with Crippen molar-refractivity contribution >= 4 is 17.2 Å². The SMILES string of the molecule is C[C@H]1CN(c2cc(C(=N)c3cc(OC4(C)CC4)ccc3N)ncn2)CCO1.[HH]. The van der Waals surface area contributed by atoms with Crippen molar-refractivity contribution in [2.24, 2.45) is 0 Å². The van der Waals surface area contributed by atoms with Crippen molar-refractivity contribution < 1.29 is 10.9 Å². The van der Waals surface area contributed by atoms with E-state index in [0.717, 1.165) is 37.5 Å².